The highest BCUT2D eigenvalue weighted by Gasteiger charge is 2.25. The lowest BCUT2D eigenvalue weighted by atomic mass is 10.1. The van der Waals surface area contributed by atoms with Crippen molar-refractivity contribution in [1.82, 2.24) is 4.90 Å². The molecule has 0 bridgehead atoms. The Morgan fingerprint density at radius 3 is 3.00 bits per heavy atom. The second kappa shape index (κ2) is 5.01. The standard InChI is InChI=1S/C14H16N2O2/c1-3-10-6-7-16(9-10)14(17)11-4-5-12(15)13(8-11)18-2/h1,4-5,8,10H,6-7,9,15H2,2H3/t10-/m1/s1. The number of nitrogen functional groups attached to an aromatic ring is 1. The Labute approximate surface area is 107 Å². The van der Waals surface area contributed by atoms with E-state index in [1.165, 1.54) is 7.11 Å². The molecule has 18 heavy (non-hydrogen) atoms. The van der Waals surface area contributed by atoms with Gasteiger partial charge in [-0.15, -0.1) is 12.3 Å². The van der Waals surface area contributed by atoms with Crippen molar-refractivity contribution in [2.24, 2.45) is 5.92 Å². The summed E-state index contributed by atoms with van der Waals surface area (Å²) >= 11 is 0. The summed E-state index contributed by atoms with van der Waals surface area (Å²) in [4.78, 5) is 14.0. The lowest BCUT2D eigenvalue weighted by Crippen LogP contribution is -2.28. The molecule has 1 aliphatic heterocycles. The van der Waals surface area contributed by atoms with Crippen LogP contribution in [0.2, 0.25) is 0 Å². The number of terminal acetylenes is 1. The van der Waals surface area contributed by atoms with Crippen LogP contribution in [-0.2, 0) is 0 Å². The molecule has 2 rings (SSSR count). The number of carbonyl (C=O) groups excluding carboxylic acids is 1. The first-order chi connectivity index (χ1) is 8.65. The number of methoxy groups -OCH3 is 1. The van der Waals surface area contributed by atoms with E-state index in [1.54, 1.807) is 23.1 Å². The first-order valence-corrected chi connectivity index (χ1v) is 5.84. The van der Waals surface area contributed by atoms with Crippen molar-refractivity contribution in [2.45, 2.75) is 6.42 Å². The lowest BCUT2D eigenvalue weighted by Gasteiger charge is -2.16. The SMILES string of the molecule is C#C[C@@H]1CCN(C(=O)c2ccc(N)c(OC)c2)C1. The number of rotatable bonds is 2. The maximum absolute atomic E-state index is 12.2. The maximum Gasteiger partial charge on any atom is 0.254 e. The molecule has 1 fully saturated rings. The number of carbonyl (C=O) groups is 1. The van der Waals surface area contributed by atoms with E-state index >= 15 is 0 Å². The predicted octanol–water partition coefficient (Wildman–Crippen LogP) is 1.37. The van der Waals surface area contributed by atoms with Gasteiger partial charge in [-0.2, -0.15) is 0 Å². The molecule has 4 heteroatoms. The average Bonchev–Trinajstić information content (AvgIpc) is 2.87. The third-order valence-corrected chi connectivity index (χ3v) is 3.19. The number of benzene rings is 1. The molecule has 1 amide bonds. The topological polar surface area (TPSA) is 55.6 Å². The smallest absolute Gasteiger partial charge is 0.254 e. The zero-order valence-corrected chi connectivity index (χ0v) is 10.3. The molecule has 2 N–H and O–H groups in total. The van der Waals surface area contributed by atoms with Gasteiger partial charge in [-0.05, 0) is 24.6 Å². The first-order valence-electron chi connectivity index (χ1n) is 5.84. The molecular weight excluding hydrogens is 228 g/mol. The molecule has 0 radical (unpaired) electrons. The monoisotopic (exact) mass is 244 g/mol. The van der Waals surface area contributed by atoms with Crippen LogP contribution in [0.1, 0.15) is 16.8 Å². The van der Waals surface area contributed by atoms with Gasteiger partial charge in [0.15, 0.2) is 0 Å². The Bertz CT molecular complexity index is 505. The number of likely N-dealkylation sites (tertiary alicyclic amines) is 1. The van der Waals surface area contributed by atoms with Crippen LogP contribution < -0.4 is 10.5 Å². The van der Waals surface area contributed by atoms with Crippen LogP contribution in [0.3, 0.4) is 0 Å². The molecule has 0 spiro atoms. The van der Waals surface area contributed by atoms with Crippen molar-refractivity contribution >= 4 is 11.6 Å². The zero-order valence-electron chi connectivity index (χ0n) is 10.3. The summed E-state index contributed by atoms with van der Waals surface area (Å²) in [5.74, 6) is 3.36. The minimum absolute atomic E-state index is 0.0222. The molecule has 1 aromatic carbocycles. The molecule has 1 atom stereocenters. The molecule has 1 aromatic rings. The fourth-order valence-corrected chi connectivity index (χ4v) is 2.11. The van der Waals surface area contributed by atoms with Crippen molar-refractivity contribution in [1.29, 1.82) is 0 Å². The van der Waals surface area contributed by atoms with Crippen molar-refractivity contribution in [3.05, 3.63) is 23.8 Å². The number of nitrogens with zero attached hydrogens (tertiary/aromatic N) is 1. The summed E-state index contributed by atoms with van der Waals surface area (Å²) < 4.78 is 5.11. The number of amides is 1. The van der Waals surface area contributed by atoms with Crippen molar-refractivity contribution in [3.63, 3.8) is 0 Å². The number of ether oxygens (including phenoxy) is 1. The first kappa shape index (κ1) is 12.3. The van der Waals surface area contributed by atoms with E-state index in [9.17, 15) is 4.79 Å². The number of hydrogen-bond acceptors (Lipinski definition) is 3. The van der Waals surface area contributed by atoms with Gasteiger partial charge in [0.25, 0.3) is 5.91 Å². The van der Waals surface area contributed by atoms with Gasteiger partial charge in [0.1, 0.15) is 5.75 Å². The van der Waals surface area contributed by atoms with E-state index in [4.69, 9.17) is 16.9 Å². The maximum atomic E-state index is 12.2. The van der Waals surface area contributed by atoms with E-state index in [0.717, 1.165) is 6.42 Å². The molecule has 0 unspecified atom stereocenters. The molecular formula is C14H16N2O2. The van der Waals surface area contributed by atoms with Gasteiger partial charge >= 0.3 is 0 Å². The Balaban J connectivity index is 2.17. The molecule has 0 aromatic heterocycles. The highest BCUT2D eigenvalue weighted by Crippen LogP contribution is 2.24. The molecule has 0 saturated carbocycles. The van der Waals surface area contributed by atoms with Crippen LogP contribution in [-0.4, -0.2) is 31.0 Å². The highest BCUT2D eigenvalue weighted by atomic mass is 16.5. The van der Waals surface area contributed by atoms with Crippen LogP contribution in [0.15, 0.2) is 18.2 Å². The zero-order chi connectivity index (χ0) is 13.1. The van der Waals surface area contributed by atoms with Gasteiger partial charge in [0, 0.05) is 24.6 Å². The normalized spacial score (nSPS) is 18.4. The molecule has 0 aliphatic carbocycles. The van der Waals surface area contributed by atoms with E-state index in [2.05, 4.69) is 5.92 Å². The Hall–Kier alpha value is -2.15. The summed E-state index contributed by atoms with van der Waals surface area (Å²) in [5.41, 5.74) is 6.83. The van der Waals surface area contributed by atoms with Gasteiger partial charge in [0.2, 0.25) is 0 Å². The van der Waals surface area contributed by atoms with Crippen LogP contribution in [0.5, 0.6) is 5.75 Å². The number of anilines is 1. The Morgan fingerprint density at radius 2 is 2.39 bits per heavy atom. The lowest BCUT2D eigenvalue weighted by molar-refractivity contribution is 0.0789. The minimum atomic E-state index is -0.0222. The molecule has 94 valence electrons. The molecule has 4 nitrogen and oxygen atoms in total. The van der Waals surface area contributed by atoms with Crippen LogP contribution in [0.4, 0.5) is 5.69 Å². The van der Waals surface area contributed by atoms with Gasteiger partial charge in [0.05, 0.1) is 12.8 Å². The van der Waals surface area contributed by atoms with Crippen LogP contribution in [0, 0.1) is 18.3 Å². The van der Waals surface area contributed by atoms with E-state index in [0.29, 0.717) is 30.1 Å². The fourth-order valence-electron chi connectivity index (χ4n) is 2.11. The second-order valence-electron chi connectivity index (χ2n) is 4.36. The average molecular weight is 244 g/mol. The minimum Gasteiger partial charge on any atom is -0.495 e. The summed E-state index contributed by atoms with van der Waals surface area (Å²) in [7, 11) is 1.53. The molecule has 1 aliphatic rings. The number of nitrogens with two attached hydrogens (primary N) is 1. The van der Waals surface area contributed by atoms with Gasteiger partial charge < -0.3 is 15.4 Å². The van der Waals surface area contributed by atoms with E-state index in [-0.39, 0.29) is 11.8 Å². The number of hydrogen-bond donors (Lipinski definition) is 1. The van der Waals surface area contributed by atoms with Crippen molar-refractivity contribution < 1.29 is 9.53 Å². The summed E-state index contributed by atoms with van der Waals surface area (Å²) in [6.45, 7) is 1.34. The highest BCUT2D eigenvalue weighted by molar-refractivity contribution is 5.95. The van der Waals surface area contributed by atoms with E-state index < -0.39 is 0 Å². The summed E-state index contributed by atoms with van der Waals surface area (Å²) in [6, 6.07) is 5.06. The Kier molecular flexibility index (Phi) is 3.42. The third kappa shape index (κ3) is 2.25. The fraction of sp³-hybridized carbons (Fsp3) is 0.357. The van der Waals surface area contributed by atoms with Crippen molar-refractivity contribution in [2.75, 3.05) is 25.9 Å². The third-order valence-electron chi connectivity index (χ3n) is 3.19. The quantitative estimate of drug-likeness (QED) is 0.631. The second-order valence-corrected chi connectivity index (χ2v) is 4.36. The molecule has 1 saturated heterocycles. The van der Waals surface area contributed by atoms with Crippen molar-refractivity contribution in [3.8, 4) is 18.1 Å². The predicted molar refractivity (Wildman–Crippen MR) is 70.2 cm³/mol. The molecule has 1 heterocycles. The van der Waals surface area contributed by atoms with Crippen LogP contribution in [0.25, 0.3) is 0 Å². The van der Waals surface area contributed by atoms with Gasteiger partial charge in [-0.25, -0.2) is 0 Å². The largest absolute Gasteiger partial charge is 0.495 e. The summed E-state index contributed by atoms with van der Waals surface area (Å²) in [5, 5.41) is 0. The van der Waals surface area contributed by atoms with Gasteiger partial charge in [-0.3, -0.25) is 4.79 Å². The van der Waals surface area contributed by atoms with Gasteiger partial charge in [-0.1, -0.05) is 0 Å². The van der Waals surface area contributed by atoms with E-state index in [1.807, 2.05) is 0 Å². The summed E-state index contributed by atoms with van der Waals surface area (Å²) in [6.07, 6.45) is 6.25. The Morgan fingerprint density at radius 1 is 1.61 bits per heavy atom. The van der Waals surface area contributed by atoms with Crippen LogP contribution >= 0.6 is 0 Å².